The van der Waals surface area contributed by atoms with Crippen LogP contribution in [0.25, 0.3) is 0 Å². The van der Waals surface area contributed by atoms with Crippen LogP contribution in [0.2, 0.25) is 5.02 Å². The van der Waals surface area contributed by atoms with Crippen LogP contribution in [0.4, 0.5) is 0 Å². The maximum Gasteiger partial charge on any atom is 0.0435 e. The molecular formula is C17H26ClN. The summed E-state index contributed by atoms with van der Waals surface area (Å²) in [6, 6.07) is 6.95. The predicted molar refractivity (Wildman–Crippen MR) is 83.7 cm³/mol. The first kappa shape index (κ1) is 14.9. The average molecular weight is 280 g/mol. The van der Waals surface area contributed by atoms with Gasteiger partial charge in [0.15, 0.2) is 0 Å². The van der Waals surface area contributed by atoms with Gasteiger partial charge < -0.3 is 5.32 Å². The molecule has 3 atom stereocenters. The van der Waals surface area contributed by atoms with Gasteiger partial charge in [0.05, 0.1) is 0 Å². The molecule has 19 heavy (non-hydrogen) atoms. The number of benzene rings is 1. The summed E-state index contributed by atoms with van der Waals surface area (Å²) in [6.45, 7) is 4.42. The number of aryl methyl sites for hydroxylation is 1. The van der Waals surface area contributed by atoms with Gasteiger partial charge in [-0.25, -0.2) is 0 Å². The van der Waals surface area contributed by atoms with Gasteiger partial charge in [-0.15, -0.1) is 0 Å². The van der Waals surface area contributed by atoms with Crippen molar-refractivity contribution in [2.24, 2.45) is 11.8 Å². The van der Waals surface area contributed by atoms with Gasteiger partial charge in [-0.05, 0) is 55.8 Å². The van der Waals surface area contributed by atoms with Crippen molar-refractivity contribution < 1.29 is 0 Å². The molecule has 0 aromatic heterocycles. The molecular weight excluding hydrogens is 254 g/mol. The molecule has 1 aromatic carbocycles. The number of halogens is 1. The Morgan fingerprint density at radius 1 is 1.37 bits per heavy atom. The van der Waals surface area contributed by atoms with Crippen molar-refractivity contribution in [1.29, 1.82) is 0 Å². The van der Waals surface area contributed by atoms with Crippen LogP contribution in [0, 0.1) is 18.8 Å². The minimum Gasteiger partial charge on any atom is -0.313 e. The van der Waals surface area contributed by atoms with Gasteiger partial charge in [0.2, 0.25) is 0 Å². The van der Waals surface area contributed by atoms with Crippen molar-refractivity contribution in [2.75, 3.05) is 7.05 Å². The van der Waals surface area contributed by atoms with E-state index >= 15 is 0 Å². The van der Waals surface area contributed by atoms with E-state index in [9.17, 15) is 0 Å². The Hall–Kier alpha value is -0.530. The first-order valence-electron chi connectivity index (χ1n) is 7.59. The van der Waals surface area contributed by atoms with Crippen molar-refractivity contribution in [1.82, 2.24) is 5.32 Å². The quantitative estimate of drug-likeness (QED) is 0.806. The molecule has 0 radical (unpaired) electrons. The monoisotopic (exact) mass is 279 g/mol. The predicted octanol–water partition coefficient (Wildman–Crippen LogP) is 5.13. The molecule has 1 N–H and O–H groups in total. The first-order chi connectivity index (χ1) is 9.15. The molecule has 2 rings (SSSR count). The third-order valence-electron chi connectivity index (χ3n) is 4.72. The second-order valence-electron chi connectivity index (χ2n) is 5.98. The lowest BCUT2D eigenvalue weighted by atomic mass is 9.75. The van der Waals surface area contributed by atoms with E-state index in [0.29, 0.717) is 6.04 Å². The van der Waals surface area contributed by atoms with Crippen LogP contribution in [0.15, 0.2) is 18.2 Å². The molecule has 0 bridgehead atoms. The van der Waals surface area contributed by atoms with Crippen LogP contribution in [-0.4, -0.2) is 7.05 Å². The summed E-state index contributed by atoms with van der Waals surface area (Å²) in [5.41, 5.74) is 2.58. The van der Waals surface area contributed by atoms with Crippen LogP contribution < -0.4 is 5.32 Å². The number of rotatable bonds is 4. The summed E-state index contributed by atoms with van der Waals surface area (Å²) in [5, 5.41) is 4.41. The van der Waals surface area contributed by atoms with Gasteiger partial charge in [-0.3, -0.25) is 0 Å². The Kier molecular flexibility index (Phi) is 5.29. The van der Waals surface area contributed by atoms with Crippen LogP contribution in [-0.2, 0) is 0 Å². The lowest BCUT2D eigenvalue weighted by molar-refractivity contribution is 0.214. The van der Waals surface area contributed by atoms with Crippen molar-refractivity contribution in [3.63, 3.8) is 0 Å². The van der Waals surface area contributed by atoms with Crippen molar-refractivity contribution in [3.05, 3.63) is 34.3 Å². The molecule has 1 aliphatic carbocycles. The fraction of sp³-hybridized carbons (Fsp3) is 0.647. The SMILES string of the molecule is CCC1CCCC(C(NC)c2ccc(Cl)c(C)c2)C1. The molecule has 3 unspecified atom stereocenters. The molecule has 0 saturated heterocycles. The lowest BCUT2D eigenvalue weighted by Gasteiger charge is -2.34. The van der Waals surface area contributed by atoms with E-state index < -0.39 is 0 Å². The fourth-order valence-electron chi connectivity index (χ4n) is 3.54. The Labute approximate surface area is 122 Å². The van der Waals surface area contributed by atoms with E-state index in [0.717, 1.165) is 16.9 Å². The second-order valence-corrected chi connectivity index (χ2v) is 6.38. The Morgan fingerprint density at radius 2 is 2.16 bits per heavy atom. The minimum absolute atomic E-state index is 0.477. The zero-order valence-corrected chi connectivity index (χ0v) is 13.1. The number of hydrogen-bond donors (Lipinski definition) is 1. The van der Waals surface area contributed by atoms with E-state index in [-0.39, 0.29) is 0 Å². The summed E-state index contributed by atoms with van der Waals surface area (Å²) in [5.74, 6) is 1.69. The zero-order chi connectivity index (χ0) is 13.8. The normalized spacial score (nSPS) is 25.3. The van der Waals surface area contributed by atoms with Crippen LogP contribution in [0.3, 0.4) is 0 Å². The summed E-state index contributed by atoms with van der Waals surface area (Å²) in [4.78, 5) is 0. The van der Waals surface area contributed by atoms with Crippen LogP contribution in [0.5, 0.6) is 0 Å². The molecule has 0 aliphatic heterocycles. The Morgan fingerprint density at radius 3 is 2.79 bits per heavy atom. The standard InChI is InChI=1S/C17H26ClN/c1-4-13-6-5-7-14(11-13)17(19-3)15-8-9-16(18)12(2)10-15/h8-10,13-14,17,19H,4-7,11H2,1-3H3. The summed E-state index contributed by atoms with van der Waals surface area (Å²) in [7, 11) is 2.09. The third kappa shape index (κ3) is 3.52. The molecule has 1 fully saturated rings. The summed E-state index contributed by atoms with van der Waals surface area (Å²) >= 11 is 6.14. The minimum atomic E-state index is 0.477. The van der Waals surface area contributed by atoms with Gasteiger partial charge in [0.25, 0.3) is 0 Å². The lowest BCUT2D eigenvalue weighted by Crippen LogP contribution is -2.29. The highest BCUT2D eigenvalue weighted by Gasteiger charge is 2.27. The average Bonchev–Trinajstić information content (AvgIpc) is 2.44. The van der Waals surface area contributed by atoms with Crippen molar-refractivity contribution in [2.45, 2.75) is 52.0 Å². The molecule has 2 heteroatoms. The van der Waals surface area contributed by atoms with Crippen LogP contribution in [0.1, 0.15) is 56.2 Å². The Bertz CT molecular complexity index is 416. The highest BCUT2D eigenvalue weighted by molar-refractivity contribution is 6.31. The highest BCUT2D eigenvalue weighted by atomic mass is 35.5. The van der Waals surface area contributed by atoms with Gasteiger partial charge in [-0.1, -0.05) is 49.9 Å². The van der Waals surface area contributed by atoms with E-state index in [2.05, 4.69) is 38.3 Å². The van der Waals surface area contributed by atoms with Gasteiger partial charge >= 0.3 is 0 Å². The Balaban J connectivity index is 2.16. The maximum absolute atomic E-state index is 6.14. The molecule has 1 aromatic rings. The third-order valence-corrected chi connectivity index (χ3v) is 5.15. The van der Waals surface area contributed by atoms with Crippen molar-refractivity contribution in [3.8, 4) is 0 Å². The second kappa shape index (κ2) is 6.76. The van der Waals surface area contributed by atoms with E-state index in [1.165, 1.54) is 43.2 Å². The van der Waals surface area contributed by atoms with E-state index in [4.69, 9.17) is 11.6 Å². The smallest absolute Gasteiger partial charge is 0.0435 e. The molecule has 106 valence electrons. The largest absolute Gasteiger partial charge is 0.313 e. The fourth-order valence-corrected chi connectivity index (χ4v) is 3.66. The molecule has 1 nitrogen and oxygen atoms in total. The van der Waals surface area contributed by atoms with Gasteiger partial charge in [-0.2, -0.15) is 0 Å². The van der Waals surface area contributed by atoms with E-state index in [1.807, 2.05) is 6.07 Å². The molecule has 0 amide bonds. The topological polar surface area (TPSA) is 12.0 Å². The van der Waals surface area contributed by atoms with Crippen molar-refractivity contribution >= 4 is 11.6 Å². The van der Waals surface area contributed by atoms with Gasteiger partial charge in [0.1, 0.15) is 0 Å². The summed E-state index contributed by atoms with van der Waals surface area (Å²) in [6.07, 6.45) is 6.84. The highest BCUT2D eigenvalue weighted by Crippen LogP contribution is 2.38. The summed E-state index contributed by atoms with van der Waals surface area (Å²) < 4.78 is 0. The number of hydrogen-bond acceptors (Lipinski definition) is 1. The van der Waals surface area contributed by atoms with E-state index in [1.54, 1.807) is 0 Å². The van der Waals surface area contributed by atoms with Gasteiger partial charge in [0, 0.05) is 11.1 Å². The first-order valence-corrected chi connectivity index (χ1v) is 7.96. The number of nitrogens with one attached hydrogen (secondary N) is 1. The molecule has 0 spiro atoms. The molecule has 1 saturated carbocycles. The molecule has 0 heterocycles. The zero-order valence-electron chi connectivity index (χ0n) is 12.4. The molecule has 1 aliphatic rings. The van der Waals surface area contributed by atoms with Crippen LogP contribution >= 0.6 is 11.6 Å². The maximum atomic E-state index is 6.14.